The molecule has 0 unspecified atom stereocenters. The lowest BCUT2D eigenvalue weighted by molar-refractivity contribution is 0.0725. The first-order valence-electron chi connectivity index (χ1n) is 9.21. The number of carbonyl (C=O) groups excluding carboxylic acids is 1. The molecule has 2 aromatic rings. The van der Waals surface area contributed by atoms with E-state index in [1.165, 1.54) is 44.1 Å². The minimum absolute atomic E-state index is 0.331. The number of halogens is 2. The van der Waals surface area contributed by atoms with E-state index >= 15 is 0 Å². The molecule has 3 nitrogen and oxygen atoms in total. The van der Waals surface area contributed by atoms with Gasteiger partial charge in [0, 0.05) is 0 Å². The molecule has 3 rings (SSSR count). The molecule has 0 N–H and O–H groups in total. The van der Waals surface area contributed by atoms with Gasteiger partial charge in [0.1, 0.15) is 0 Å². The van der Waals surface area contributed by atoms with Crippen LogP contribution in [0, 0.1) is 17.8 Å². The van der Waals surface area contributed by atoms with Gasteiger partial charge < -0.3 is 4.74 Å². The number of nitrogens with zero attached hydrogens (tertiary/aromatic N) is 1. The van der Waals surface area contributed by atoms with E-state index in [0.29, 0.717) is 11.5 Å². The summed E-state index contributed by atoms with van der Waals surface area (Å²) in [4.78, 5) is 15.1. The van der Waals surface area contributed by atoms with E-state index in [0.717, 1.165) is 18.1 Å². The monoisotopic (exact) mass is 359 g/mol. The maximum atomic E-state index is 13.5. The first-order chi connectivity index (χ1) is 12.6. The smallest absolute Gasteiger partial charge is 0.343 e. The summed E-state index contributed by atoms with van der Waals surface area (Å²) in [5, 5.41) is 0. The second-order valence-electron chi connectivity index (χ2n) is 6.94. The molecule has 0 amide bonds. The third-order valence-electron chi connectivity index (χ3n) is 5.14. The van der Waals surface area contributed by atoms with Crippen molar-refractivity contribution < 1.29 is 18.3 Å². The molecule has 1 fully saturated rings. The maximum Gasteiger partial charge on any atom is 0.343 e. The molecule has 0 bridgehead atoms. The molecule has 1 aromatic carbocycles. The van der Waals surface area contributed by atoms with Gasteiger partial charge in [0.05, 0.1) is 5.56 Å². The number of pyridine rings is 1. The molecule has 1 saturated carbocycles. The van der Waals surface area contributed by atoms with E-state index in [1.807, 2.05) is 12.1 Å². The highest BCUT2D eigenvalue weighted by atomic mass is 19.1. The number of aromatic nitrogens is 1. The van der Waals surface area contributed by atoms with Gasteiger partial charge in [-0.3, -0.25) is 0 Å². The van der Waals surface area contributed by atoms with E-state index in [-0.39, 0.29) is 5.75 Å². The van der Waals surface area contributed by atoms with Crippen LogP contribution in [0.1, 0.15) is 67.3 Å². The van der Waals surface area contributed by atoms with Crippen molar-refractivity contribution in [3.05, 3.63) is 59.4 Å². The summed E-state index contributed by atoms with van der Waals surface area (Å²) in [6.45, 7) is 2.23. The van der Waals surface area contributed by atoms with Crippen molar-refractivity contribution in [1.29, 1.82) is 0 Å². The minimum Gasteiger partial charge on any atom is -0.418 e. The van der Waals surface area contributed by atoms with Crippen molar-refractivity contribution in [1.82, 2.24) is 4.98 Å². The van der Waals surface area contributed by atoms with Gasteiger partial charge in [0.2, 0.25) is 5.95 Å². The third kappa shape index (κ3) is 4.45. The quantitative estimate of drug-likeness (QED) is 0.511. The fourth-order valence-corrected chi connectivity index (χ4v) is 3.72. The van der Waals surface area contributed by atoms with Gasteiger partial charge in [-0.1, -0.05) is 31.9 Å². The zero-order valence-electron chi connectivity index (χ0n) is 14.9. The summed E-state index contributed by atoms with van der Waals surface area (Å²) >= 11 is 0. The molecule has 1 aliphatic rings. The standard InChI is InChI=1S/C21H23F2NO2/c1-2-3-14-4-6-15(7-5-14)16-8-10-17(11-9-16)21(25)26-18-12-13-19(22)24-20(18)23/h8-15H,2-7H2,1H3. The van der Waals surface area contributed by atoms with E-state index < -0.39 is 17.9 Å². The van der Waals surface area contributed by atoms with Gasteiger partial charge >= 0.3 is 5.97 Å². The second-order valence-corrected chi connectivity index (χ2v) is 6.94. The van der Waals surface area contributed by atoms with Gasteiger partial charge in [0.15, 0.2) is 5.75 Å². The number of ether oxygens (including phenoxy) is 1. The number of esters is 1. The molecule has 26 heavy (non-hydrogen) atoms. The predicted molar refractivity (Wildman–Crippen MR) is 95.2 cm³/mol. The molecule has 5 heteroatoms. The van der Waals surface area contributed by atoms with Gasteiger partial charge in [-0.25, -0.2) is 4.79 Å². The van der Waals surface area contributed by atoms with E-state index in [9.17, 15) is 13.6 Å². The highest BCUT2D eigenvalue weighted by Crippen LogP contribution is 2.37. The molecule has 138 valence electrons. The molecule has 1 heterocycles. The van der Waals surface area contributed by atoms with Crippen molar-refractivity contribution in [2.75, 3.05) is 0 Å². The van der Waals surface area contributed by atoms with Gasteiger partial charge in [0.25, 0.3) is 5.95 Å². The normalized spacial score (nSPS) is 20.0. The molecule has 0 aliphatic heterocycles. The topological polar surface area (TPSA) is 39.2 Å². The number of hydrogen-bond donors (Lipinski definition) is 0. The number of hydrogen-bond acceptors (Lipinski definition) is 3. The summed E-state index contributed by atoms with van der Waals surface area (Å²) < 4.78 is 31.3. The van der Waals surface area contributed by atoms with E-state index in [4.69, 9.17) is 4.74 Å². The van der Waals surface area contributed by atoms with Crippen LogP contribution in [0.4, 0.5) is 8.78 Å². The summed E-state index contributed by atoms with van der Waals surface area (Å²) in [6.07, 6.45) is 7.45. The second kappa shape index (κ2) is 8.39. The Morgan fingerprint density at radius 3 is 2.38 bits per heavy atom. The molecule has 0 atom stereocenters. The molecule has 0 saturated heterocycles. The fraction of sp³-hybridized carbons (Fsp3) is 0.429. The van der Waals surface area contributed by atoms with Crippen LogP contribution in [0.2, 0.25) is 0 Å². The van der Waals surface area contributed by atoms with Gasteiger partial charge in [-0.2, -0.15) is 13.8 Å². The van der Waals surface area contributed by atoms with Crippen LogP contribution in [-0.2, 0) is 0 Å². The zero-order chi connectivity index (χ0) is 18.5. The molecular formula is C21H23F2NO2. The van der Waals surface area contributed by atoms with Crippen molar-refractivity contribution in [3.63, 3.8) is 0 Å². The third-order valence-corrected chi connectivity index (χ3v) is 5.14. The highest BCUT2D eigenvalue weighted by Gasteiger charge is 2.22. The SMILES string of the molecule is CCCC1CCC(c2ccc(C(=O)Oc3ccc(F)nc3F)cc2)CC1. The lowest BCUT2D eigenvalue weighted by Gasteiger charge is -2.28. The minimum atomic E-state index is -1.14. The Kier molecular flexibility index (Phi) is 5.96. The van der Waals surface area contributed by atoms with Crippen LogP contribution in [0.25, 0.3) is 0 Å². The Morgan fingerprint density at radius 2 is 1.77 bits per heavy atom. The lowest BCUT2D eigenvalue weighted by Crippen LogP contribution is -2.14. The summed E-state index contributed by atoms with van der Waals surface area (Å²) in [6, 6.07) is 9.29. The van der Waals surface area contributed by atoms with Crippen LogP contribution in [-0.4, -0.2) is 11.0 Å². The van der Waals surface area contributed by atoms with Crippen molar-refractivity contribution >= 4 is 5.97 Å². The Labute approximate surface area is 152 Å². The fourth-order valence-electron chi connectivity index (χ4n) is 3.72. The first-order valence-corrected chi connectivity index (χ1v) is 9.21. The number of rotatable bonds is 5. The Balaban J connectivity index is 1.61. The average Bonchev–Trinajstić information content (AvgIpc) is 2.65. The van der Waals surface area contributed by atoms with Crippen molar-refractivity contribution in [2.45, 2.75) is 51.4 Å². The van der Waals surface area contributed by atoms with E-state index in [1.54, 1.807) is 12.1 Å². The lowest BCUT2D eigenvalue weighted by atomic mass is 9.77. The first kappa shape index (κ1) is 18.5. The largest absolute Gasteiger partial charge is 0.418 e. The molecular weight excluding hydrogens is 336 g/mol. The molecule has 0 radical (unpaired) electrons. The van der Waals surface area contributed by atoms with Crippen LogP contribution >= 0.6 is 0 Å². The Morgan fingerprint density at radius 1 is 1.08 bits per heavy atom. The average molecular weight is 359 g/mol. The van der Waals surface area contributed by atoms with Gasteiger partial charge in [-0.05, 0) is 67.3 Å². The van der Waals surface area contributed by atoms with Crippen molar-refractivity contribution in [2.24, 2.45) is 5.92 Å². The highest BCUT2D eigenvalue weighted by molar-refractivity contribution is 5.91. The summed E-state index contributed by atoms with van der Waals surface area (Å²) in [5.74, 6) is -1.78. The molecule has 0 spiro atoms. The zero-order valence-corrected chi connectivity index (χ0v) is 14.9. The van der Waals surface area contributed by atoms with Crippen LogP contribution in [0.3, 0.4) is 0 Å². The van der Waals surface area contributed by atoms with E-state index in [2.05, 4.69) is 11.9 Å². The van der Waals surface area contributed by atoms with Gasteiger partial charge in [-0.15, -0.1) is 0 Å². The Hall–Kier alpha value is -2.30. The predicted octanol–water partition coefficient (Wildman–Crippen LogP) is 5.65. The Bertz CT molecular complexity index is 753. The van der Waals surface area contributed by atoms with Crippen molar-refractivity contribution in [3.8, 4) is 5.75 Å². The maximum absolute atomic E-state index is 13.5. The summed E-state index contributed by atoms with van der Waals surface area (Å²) in [5.41, 5.74) is 1.56. The van der Waals surface area contributed by atoms with Crippen LogP contribution in [0.5, 0.6) is 5.75 Å². The summed E-state index contributed by atoms with van der Waals surface area (Å²) in [7, 11) is 0. The number of carbonyl (C=O) groups is 1. The van der Waals surface area contributed by atoms with Crippen LogP contribution < -0.4 is 4.74 Å². The van der Waals surface area contributed by atoms with Crippen LogP contribution in [0.15, 0.2) is 36.4 Å². The molecule has 1 aliphatic carbocycles. The number of benzene rings is 1. The molecule has 1 aromatic heterocycles.